The van der Waals surface area contributed by atoms with Crippen molar-refractivity contribution in [3.63, 3.8) is 0 Å². The lowest BCUT2D eigenvalue weighted by Gasteiger charge is -2.42. The molecule has 6 nitrogen and oxygen atoms in total. The fourth-order valence-corrected chi connectivity index (χ4v) is 3.02. The molecule has 0 aromatic carbocycles. The van der Waals surface area contributed by atoms with Gasteiger partial charge in [0, 0.05) is 25.7 Å². The van der Waals surface area contributed by atoms with Crippen molar-refractivity contribution < 1.29 is 9.53 Å². The van der Waals surface area contributed by atoms with Crippen molar-refractivity contribution in [1.29, 1.82) is 0 Å². The third-order valence-electron chi connectivity index (χ3n) is 4.89. The number of carbonyl (C=O) groups excluding carboxylic acids is 1. The molecular weight excluding hydrogens is 292 g/mol. The van der Waals surface area contributed by atoms with Crippen molar-refractivity contribution in [3.8, 4) is 0 Å². The van der Waals surface area contributed by atoms with Gasteiger partial charge in [0.2, 0.25) is 0 Å². The third kappa shape index (κ3) is 4.41. The number of nitrogens with zero attached hydrogens (tertiary/aromatic N) is 2. The highest BCUT2D eigenvalue weighted by Crippen LogP contribution is 2.43. The molecular formula is C17H26N4O2. The summed E-state index contributed by atoms with van der Waals surface area (Å²) in [5.74, 6) is 1.42. The fraction of sp³-hybridized carbons (Fsp3) is 0.706. The van der Waals surface area contributed by atoms with E-state index in [0.29, 0.717) is 18.2 Å². The van der Waals surface area contributed by atoms with Crippen LogP contribution in [0.15, 0.2) is 12.4 Å². The van der Waals surface area contributed by atoms with E-state index in [1.807, 2.05) is 6.92 Å². The summed E-state index contributed by atoms with van der Waals surface area (Å²) in [7, 11) is 0. The Morgan fingerprint density at radius 2 is 2.09 bits per heavy atom. The molecule has 2 aliphatic rings. The number of nitrogens with one attached hydrogen (secondary N) is 2. The van der Waals surface area contributed by atoms with E-state index in [1.54, 1.807) is 12.4 Å². The number of urea groups is 1. The molecule has 0 spiro atoms. The lowest BCUT2D eigenvalue weighted by Crippen LogP contribution is -2.44. The van der Waals surface area contributed by atoms with Gasteiger partial charge in [-0.05, 0) is 44.4 Å². The van der Waals surface area contributed by atoms with Crippen LogP contribution < -0.4 is 10.6 Å². The van der Waals surface area contributed by atoms with Crippen molar-refractivity contribution in [2.45, 2.75) is 51.4 Å². The zero-order valence-corrected chi connectivity index (χ0v) is 13.8. The molecule has 1 aromatic heterocycles. The quantitative estimate of drug-likeness (QED) is 0.722. The first-order valence-electron chi connectivity index (χ1n) is 8.65. The third-order valence-corrected chi connectivity index (χ3v) is 4.89. The molecule has 0 unspecified atom stereocenters. The number of anilines is 1. The van der Waals surface area contributed by atoms with E-state index in [-0.39, 0.29) is 11.4 Å². The van der Waals surface area contributed by atoms with Crippen LogP contribution in [0.2, 0.25) is 0 Å². The Morgan fingerprint density at radius 1 is 1.35 bits per heavy atom. The minimum atomic E-state index is -0.185. The molecule has 0 bridgehead atoms. The van der Waals surface area contributed by atoms with Gasteiger partial charge in [0.15, 0.2) is 0 Å². The molecule has 126 valence electrons. The molecule has 6 heteroatoms. The van der Waals surface area contributed by atoms with Gasteiger partial charge in [0.25, 0.3) is 0 Å². The first kappa shape index (κ1) is 16.2. The number of amides is 2. The van der Waals surface area contributed by atoms with Crippen LogP contribution in [0.5, 0.6) is 0 Å². The fourth-order valence-electron chi connectivity index (χ4n) is 3.02. The molecule has 0 saturated heterocycles. The van der Waals surface area contributed by atoms with E-state index in [0.717, 1.165) is 25.5 Å². The first-order valence-corrected chi connectivity index (χ1v) is 8.65. The van der Waals surface area contributed by atoms with E-state index in [9.17, 15) is 4.79 Å². The molecule has 0 atom stereocenters. The Hall–Kier alpha value is -1.69. The normalized spacial score (nSPS) is 19.0. The summed E-state index contributed by atoms with van der Waals surface area (Å²) in [6.07, 6.45) is 10.3. The van der Waals surface area contributed by atoms with Crippen LogP contribution in [0.4, 0.5) is 10.5 Å². The Kier molecular flexibility index (Phi) is 5.10. The van der Waals surface area contributed by atoms with E-state index >= 15 is 0 Å². The maximum atomic E-state index is 12.1. The maximum absolute atomic E-state index is 12.1. The van der Waals surface area contributed by atoms with E-state index in [2.05, 4.69) is 20.6 Å². The summed E-state index contributed by atoms with van der Waals surface area (Å²) in [6, 6.07) is -0.185. The predicted octanol–water partition coefficient (Wildman–Crippen LogP) is 3.07. The SMILES string of the molecule is CCOCCC1(CNC(=O)Nc2cnc(C3CC3)nc2)CCC1. The van der Waals surface area contributed by atoms with Gasteiger partial charge in [-0.1, -0.05) is 6.42 Å². The highest BCUT2D eigenvalue weighted by Gasteiger charge is 2.36. The molecule has 2 saturated carbocycles. The second kappa shape index (κ2) is 7.25. The van der Waals surface area contributed by atoms with Crippen molar-refractivity contribution in [3.05, 3.63) is 18.2 Å². The van der Waals surface area contributed by atoms with Gasteiger partial charge in [-0.3, -0.25) is 0 Å². The molecule has 23 heavy (non-hydrogen) atoms. The average molecular weight is 318 g/mol. The Labute approximate surface area is 137 Å². The van der Waals surface area contributed by atoms with Gasteiger partial charge < -0.3 is 15.4 Å². The lowest BCUT2D eigenvalue weighted by atomic mass is 9.67. The number of rotatable bonds is 8. The zero-order valence-electron chi connectivity index (χ0n) is 13.8. The lowest BCUT2D eigenvalue weighted by molar-refractivity contribution is 0.0561. The smallest absolute Gasteiger partial charge is 0.319 e. The number of hydrogen-bond donors (Lipinski definition) is 2. The molecule has 1 aromatic rings. The largest absolute Gasteiger partial charge is 0.382 e. The van der Waals surface area contributed by atoms with Crippen molar-refractivity contribution in [2.24, 2.45) is 5.41 Å². The number of aromatic nitrogens is 2. The molecule has 1 heterocycles. The summed E-state index contributed by atoms with van der Waals surface area (Å²) in [4.78, 5) is 20.7. The monoisotopic (exact) mass is 318 g/mol. The molecule has 2 aliphatic carbocycles. The van der Waals surface area contributed by atoms with Gasteiger partial charge in [-0.25, -0.2) is 14.8 Å². The Bertz CT molecular complexity index is 524. The van der Waals surface area contributed by atoms with Crippen molar-refractivity contribution in [2.75, 3.05) is 25.1 Å². The summed E-state index contributed by atoms with van der Waals surface area (Å²) in [6.45, 7) is 4.24. The Balaban J connectivity index is 1.43. The average Bonchev–Trinajstić information content (AvgIpc) is 3.35. The summed E-state index contributed by atoms with van der Waals surface area (Å²) in [5, 5.41) is 5.80. The van der Waals surface area contributed by atoms with E-state index in [4.69, 9.17) is 4.74 Å². The Morgan fingerprint density at radius 3 is 2.65 bits per heavy atom. The van der Waals surface area contributed by atoms with Gasteiger partial charge in [-0.2, -0.15) is 0 Å². The summed E-state index contributed by atoms with van der Waals surface area (Å²) in [5.41, 5.74) is 0.864. The predicted molar refractivity (Wildman–Crippen MR) is 88.4 cm³/mol. The second-order valence-electron chi connectivity index (χ2n) is 6.71. The van der Waals surface area contributed by atoms with Crippen LogP contribution in [0.3, 0.4) is 0 Å². The molecule has 3 rings (SSSR count). The minimum Gasteiger partial charge on any atom is -0.382 e. The van der Waals surface area contributed by atoms with Crippen LogP contribution in [0.1, 0.15) is 57.2 Å². The van der Waals surface area contributed by atoms with Crippen LogP contribution >= 0.6 is 0 Å². The van der Waals surface area contributed by atoms with Crippen LogP contribution in [0.25, 0.3) is 0 Å². The zero-order chi connectivity index (χ0) is 16.1. The highest BCUT2D eigenvalue weighted by molar-refractivity contribution is 5.88. The van der Waals surface area contributed by atoms with Crippen molar-refractivity contribution in [1.82, 2.24) is 15.3 Å². The maximum Gasteiger partial charge on any atom is 0.319 e. The number of carbonyl (C=O) groups is 1. The molecule has 2 fully saturated rings. The van der Waals surface area contributed by atoms with Crippen LogP contribution in [0, 0.1) is 5.41 Å². The van der Waals surface area contributed by atoms with Gasteiger partial charge in [0.1, 0.15) is 5.82 Å². The second-order valence-corrected chi connectivity index (χ2v) is 6.71. The summed E-state index contributed by atoms with van der Waals surface area (Å²) >= 11 is 0. The molecule has 2 N–H and O–H groups in total. The van der Waals surface area contributed by atoms with Crippen molar-refractivity contribution >= 4 is 11.7 Å². The number of ether oxygens (including phenoxy) is 1. The molecule has 0 radical (unpaired) electrons. The molecule has 0 aliphatic heterocycles. The van der Waals surface area contributed by atoms with Gasteiger partial charge in [0.05, 0.1) is 18.1 Å². The van der Waals surface area contributed by atoms with Crippen LogP contribution in [-0.4, -0.2) is 35.8 Å². The van der Waals surface area contributed by atoms with Gasteiger partial charge >= 0.3 is 6.03 Å². The summed E-state index contributed by atoms with van der Waals surface area (Å²) < 4.78 is 5.46. The van der Waals surface area contributed by atoms with E-state index < -0.39 is 0 Å². The van der Waals surface area contributed by atoms with Crippen LogP contribution in [-0.2, 0) is 4.74 Å². The highest BCUT2D eigenvalue weighted by atomic mass is 16.5. The standard InChI is InChI=1S/C17H26N4O2/c1-2-23-9-8-17(6-3-7-17)12-20-16(22)21-14-10-18-15(19-11-14)13-4-5-13/h10-11,13H,2-9,12H2,1H3,(H2,20,21,22). The molecule has 2 amide bonds. The van der Waals surface area contributed by atoms with E-state index in [1.165, 1.54) is 32.1 Å². The number of hydrogen-bond acceptors (Lipinski definition) is 4. The topological polar surface area (TPSA) is 76.1 Å². The van der Waals surface area contributed by atoms with Gasteiger partial charge in [-0.15, -0.1) is 0 Å². The first-order chi connectivity index (χ1) is 11.2. The minimum absolute atomic E-state index is 0.185.